The zero-order chi connectivity index (χ0) is 12.5. The summed E-state index contributed by atoms with van der Waals surface area (Å²) in [6.45, 7) is 0. The van der Waals surface area contributed by atoms with Crippen LogP contribution in [0.3, 0.4) is 0 Å². The van der Waals surface area contributed by atoms with Crippen molar-refractivity contribution in [3.63, 3.8) is 0 Å². The van der Waals surface area contributed by atoms with Crippen molar-refractivity contribution in [1.29, 1.82) is 0 Å². The van der Waals surface area contributed by atoms with Gasteiger partial charge in [0.1, 0.15) is 0 Å². The van der Waals surface area contributed by atoms with Crippen LogP contribution in [0, 0.1) is 0 Å². The van der Waals surface area contributed by atoms with Gasteiger partial charge in [0, 0.05) is 20.7 Å². The lowest BCUT2D eigenvalue weighted by Gasteiger charge is -2.15. The van der Waals surface area contributed by atoms with E-state index in [1.165, 1.54) is 11.1 Å². The maximum atomic E-state index is 3.62. The van der Waals surface area contributed by atoms with E-state index in [0.29, 0.717) is 6.04 Å². The molecule has 0 spiro atoms. The molecule has 0 heterocycles. The van der Waals surface area contributed by atoms with Gasteiger partial charge in [-0.1, -0.05) is 40.2 Å². The van der Waals surface area contributed by atoms with Crippen LogP contribution < -0.4 is 5.32 Å². The summed E-state index contributed by atoms with van der Waals surface area (Å²) in [5.41, 5.74) is 4.10. The smallest absolute Gasteiger partial charge is 0.0498 e. The summed E-state index contributed by atoms with van der Waals surface area (Å²) in [6.07, 6.45) is 2.21. The van der Waals surface area contributed by atoms with Crippen LogP contribution in [0.15, 0.2) is 51.4 Å². The molecule has 1 aliphatic carbocycles. The van der Waals surface area contributed by atoms with Crippen molar-refractivity contribution in [3.05, 3.63) is 62.5 Å². The van der Waals surface area contributed by atoms with E-state index in [0.717, 1.165) is 27.5 Å². The number of halogens is 2. The third kappa shape index (κ3) is 2.47. The summed E-state index contributed by atoms with van der Waals surface area (Å²) in [4.78, 5) is 0. The van der Waals surface area contributed by atoms with Crippen LogP contribution in [0.4, 0.5) is 5.69 Å². The van der Waals surface area contributed by atoms with Gasteiger partial charge >= 0.3 is 0 Å². The highest BCUT2D eigenvalue weighted by Crippen LogP contribution is 2.30. The maximum absolute atomic E-state index is 3.62. The molecule has 3 rings (SSSR count). The predicted octanol–water partition coefficient (Wildman–Crippen LogP) is 4.79. The van der Waals surface area contributed by atoms with Crippen LogP contribution in [-0.4, -0.2) is 6.04 Å². The van der Waals surface area contributed by atoms with Crippen LogP contribution in [0.2, 0.25) is 0 Å². The second kappa shape index (κ2) is 5.06. The Bertz CT molecular complexity index is 555. The normalized spacial score (nSPS) is 14.6. The van der Waals surface area contributed by atoms with Gasteiger partial charge in [-0.05, 0) is 58.1 Å². The van der Waals surface area contributed by atoms with Crippen molar-refractivity contribution in [2.24, 2.45) is 0 Å². The summed E-state index contributed by atoms with van der Waals surface area (Å²) >= 11 is 7.10. The number of hydrogen-bond acceptors (Lipinski definition) is 1. The molecule has 0 unspecified atom stereocenters. The van der Waals surface area contributed by atoms with E-state index >= 15 is 0 Å². The molecule has 1 nitrogen and oxygen atoms in total. The van der Waals surface area contributed by atoms with Crippen LogP contribution in [0.1, 0.15) is 11.1 Å². The van der Waals surface area contributed by atoms with Crippen molar-refractivity contribution < 1.29 is 0 Å². The molecule has 0 saturated carbocycles. The molecular formula is C15H13Br2N. The highest BCUT2D eigenvalue weighted by Gasteiger charge is 2.21. The first kappa shape index (κ1) is 12.2. The Morgan fingerprint density at radius 2 is 1.61 bits per heavy atom. The van der Waals surface area contributed by atoms with E-state index in [1.54, 1.807) is 0 Å². The monoisotopic (exact) mass is 365 g/mol. The number of benzene rings is 2. The van der Waals surface area contributed by atoms with E-state index in [4.69, 9.17) is 0 Å². The number of hydrogen-bond donors (Lipinski definition) is 1. The first-order valence-electron chi connectivity index (χ1n) is 6.01. The van der Waals surface area contributed by atoms with E-state index in [1.807, 2.05) is 6.07 Å². The molecule has 0 aromatic heterocycles. The average molecular weight is 367 g/mol. The standard InChI is InChI=1S/C15H13Br2N/c16-12-5-6-14(17)15(9-12)18-13-7-10-3-1-2-4-11(10)8-13/h1-6,9,13,18H,7-8H2. The highest BCUT2D eigenvalue weighted by atomic mass is 79.9. The number of fused-ring (bicyclic) bond motifs is 1. The molecule has 1 aliphatic rings. The molecule has 1 N–H and O–H groups in total. The lowest BCUT2D eigenvalue weighted by molar-refractivity contribution is 0.773. The van der Waals surface area contributed by atoms with Crippen molar-refractivity contribution in [1.82, 2.24) is 0 Å². The minimum Gasteiger partial charge on any atom is -0.381 e. The van der Waals surface area contributed by atoms with Gasteiger partial charge in [0.25, 0.3) is 0 Å². The molecular weight excluding hydrogens is 354 g/mol. The Morgan fingerprint density at radius 3 is 2.28 bits per heavy atom. The van der Waals surface area contributed by atoms with Gasteiger partial charge in [-0.25, -0.2) is 0 Å². The lowest BCUT2D eigenvalue weighted by atomic mass is 10.1. The number of anilines is 1. The van der Waals surface area contributed by atoms with E-state index in [-0.39, 0.29) is 0 Å². The molecule has 0 atom stereocenters. The van der Waals surface area contributed by atoms with Crippen molar-refractivity contribution >= 4 is 37.5 Å². The Morgan fingerprint density at radius 1 is 0.944 bits per heavy atom. The lowest BCUT2D eigenvalue weighted by Crippen LogP contribution is -2.19. The molecule has 3 heteroatoms. The van der Waals surface area contributed by atoms with Gasteiger partial charge < -0.3 is 5.32 Å². The quantitative estimate of drug-likeness (QED) is 0.805. The molecule has 0 radical (unpaired) electrons. The Kier molecular flexibility index (Phi) is 3.44. The fraction of sp³-hybridized carbons (Fsp3) is 0.200. The van der Waals surface area contributed by atoms with Gasteiger partial charge in [-0.3, -0.25) is 0 Å². The van der Waals surface area contributed by atoms with Gasteiger partial charge in [0.15, 0.2) is 0 Å². The van der Waals surface area contributed by atoms with Crippen LogP contribution in [0.5, 0.6) is 0 Å². The molecule has 0 saturated heterocycles. The predicted molar refractivity (Wildman–Crippen MR) is 83.1 cm³/mol. The number of rotatable bonds is 2. The SMILES string of the molecule is Brc1ccc(Br)c(NC2Cc3ccccc3C2)c1. The molecule has 0 bridgehead atoms. The van der Waals surface area contributed by atoms with Gasteiger partial charge in [-0.15, -0.1) is 0 Å². The van der Waals surface area contributed by atoms with Crippen LogP contribution in [-0.2, 0) is 12.8 Å². The van der Waals surface area contributed by atoms with Gasteiger partial charge in [0.2, 0.25) is 0 Å². The topological polar surface area (TPSA) is 12.0 Å². The fourth-order valence-electron chi connectivity index (χ4n) is 2.49. The minimum atomic E-state index is 0.494. The van der Waals surface area contributed by atoms with Crippen molar-refractivity contribution in [3.8, 4) is 0 Å². The minimum absolute atomic E-state index is 0.494. The Hall–Kier alpha value is -0.800. The maximum Gasteiger partial charge on any atom is 0.0498 e. The summed E-state index contributed by atoms with van der Waals surface area (Å²) in [5, 5.41) is 3.62. The third-order valence-electron chi connectivity index (χ3n) is 3.34. The van der Waals surface area contributed by atoms with Crippen LogP contribution >= 0.6 is 31.9 Å². The Labute approximate surface area is 124 Å². The Balaban J connectivity index is 1.78. The van der Waals surface area contributed by atoms with Crippen molar-refractivity contribution in [2.45, 2.75) is 18.9 Å². The summed E-state index contributed by atoms with van der Waals surface area (Å²) < 4.78 is 2.21. The number of nitrogens with one attached hydrogen (secondary N) is 1. The van der Waals surface area contributed by atoms with Crippen LogP contribution in [0.25, 0.3) is 0 Å². The average Bonchev–Trinajstić information content (AvgIpc) is 2.76. The molecule has 2 aromatic rings. The first-order chi connectivity index (χ1) is 8.72. The third-order valence-corrected chi connectivity index (χ3v) is 4.52. The summed E-state index contributed by atoms with van der Waals surface area (Å²) in [7, 11) is 0. The molecule has 2 aromatic carbocycles. The second-order valence-corrected chi connectivity index (χ2v) is 6.41. The molecule has 0 amide bonds. The molecule has 0 aliphatic heterocycles. The van der Waals surface area contributed by atoms with Gasteiger partial charge in [0.05, 0.1) is 0 Å². The highest BCUT2D eigenvalue weighted by molar-refractivity contribution is 9.11. The summed E-state index contributed by atoms with van der Waals surface area (Å²) in [6, 6.07) is 15.4. The first-order valence-corrected chi connectivity index (χ1v) is 7.59. The van der Waals surface area contributed by atoms with E-state index in [2.05, 4.69) is 73.6 Å². The molecule has 0 fully saturated rings. The fourth-order valence-corrected chi connectivity index (χ4v) is 3.21. The summed E-state index contributed by atoms with van der Waals surface area (Å²) in [5.74, 6) is 0. The van der Waals surface area contributed by atoms with E-state index in [9.17, 15) is 0 Å². The van der Waals surface area contributed by atoms with Crippen molar-refractivity contribution in [2.75, 3.05) is 5.32 Å². The second-order valence-electron chi connectivity index (χ2n) is 4.64. The zero-order valence-corrected chi connectivity index (χ0v) is 13.0. The molecule has 92 valence electrons. The zero-order valence-electron chi connectivity index (χ0n) is 9.79. The van der Waals surface area contributed by atoms with E-state index < -0.39 is 0 Å². The van der Waals surface area contributed by atoms with Gasteiger partial charge in [-0.2, -0.15) is 0 Å². The molecule has 18 heavy (non-hydrogen) atoms. The largest absolute Gasteiger partial charge is 0.381 e.